The fourth-order valence-electron chi connectivity index (χ4n) is 1.59. The minimum atomic E-state index is -2.83. The van der Waals surface area contributed by atoms with E-state index < -0.39 is 12.2 Å². The molecular formula is C14H20F2N2O2. The Morgan fingerprint density at radius 2 is 1.95 bits per heavy atom. The maximum Gasteiger partial charge on any atom is 0.387 e. The van der Waals surface area contributed by atoms with Gasteiger partial charge < -0.3 is 15.8 Å². The van der Waals surface area contributed by atoms with Gasteiger partial charge in [-0.1, -0.05) is 12.1 Å². The molecule has 0 bridgehead atoms. The Bertz CT molecular complexity index is 433. The molecule has 1 rings (SSSR count). The summed E-state index contributed by atoms with van der Waals surface area (Å²) in [6.45, 7) is 1.23. The molecule has 20 heavy (non-hydrogen) atoms. The molecule has 4 nitrogen and oxygen atoms in total. The first-order chi connectivity index (χ1) is 9.32. The maximum absolute atomic E-state index is 12.0. The molecular weight excluding hydrogens is 266 g/mol. The largest absolute Gasteiger partial charge is 0.435 e. The highest BCUT2D eigenvalue weighted by molar-refractivity contribution is 5.77. The molecule has 0 saturated carbocycles. The summed E-state index contributed by atoms with van der Waals surface area (Å²) in [5.41, 5.74) is 5.99. The minimum Gasteiger partial charge on any atom is -0.435 e. The van der Waals surface area contributed by atoms with E-state index >= 15 is 0 Å². The van der Waals surface area contributed by atoms with Crippen LogP contribution in [0.2, 0.25) is 0 Å². The molecule has 0 saturated heterocycles. The van der Waals surface area contributed by atoms with Gasteiger partial charge in [0.2, 0.25) is 5.91 Å². The quantitative estimate of drug-likeness (QED) is 0.806. The molecule has 0 aromatic heterocycles. The van der Waals surface area contributed by atoms with Gasteiger partial charge in [-0.05, 0) is 38.0 Å². The monoisotopic (exact) mass is 286 g/mol. The molecule has 0 unspecified atom stereocenters. The molecule has 112 valence electrons. The molecule has 0 radical (unpaired) electrons. The molecule has 0 spiro atoms. The summed E-state index contributed by atoms with van der Waals surface area (Å²) in [6, 6.07) is 6.25. The highest BCUT2D eigenvalue weighted by atomic mass is 19.3. The van der Waals surface area contributed by atoms with Gasteiger partial charge in [-0.2, -0.15) is 8.78 Å². The van der Waals surface area contributed by atoms with Crippen molar-refractivity contribution in [2.45, 2.75) is 38.8 Å². The van der Waals surface area contributed by atoms with Gasteiger partial charge in [0, 0.05) is 18.5 Å². The highest BCUT2D eigenvalue weighted by Crippen LogP contribution is 2.15. The third-order valence-corrected chi connectivity index (χ3v) is 2.78. The number of hydrogen-bond donors (Lipinski definition) is 2. The predicted octanol–water partition coefficient (Wildman–Crippen LogP) is 2.07. The van der Waals surface area contributed by atoms with Crippen molar-refractivity contribution in [3.8, 4) is 5.75 Å². The van der Waals surface area contributed by atoms with E-state index in [0.29, 0.717) is 19.4 Å². The Kier molecular flexibility index (Phi) is 5.88. The normalized spacial score (nSPS) is 11.5. The molecule has 6 heteroatoms. The number of aryl methyl sites for hydroxylation is 1. The van der Waals surface area contributed by atoms with Crippen LogP contribution in [-0.2, 0) is 11.2 Å². The SMILES string of the molecule is CC(C)(CN)NC(=O)CCc1ccc(OC(F)F)cc1. The molecule has 1 aromatic rings. The average Bonchev–Trinajstić information content (AvgIpc) is 2.37. The van der Waals surface area contributed by atoms with Crippen LogP contribution < -0.4 is 15.8 Å². The van der Waals surface area contributed by atoms with Crippen molar-refractivity contribution >= 4 is 5.91 Å². The van der Waals surface area contributed by atoms with E-state index in [9.17, 15) is 13.6 Å². The number of benzene rings is 1. The Hall–Kier alpha value is -1.69. The first-order valence-electron chi connectivity index (χ1n) is 6.37. The van der Waals surface area contributed by atoms with Crippen molar-refractivity contribution in [1.29, 1.82) is 0 Å². The lowest BCUT2D eigenvalue weighted by Crippen LogP contribution is -2.48. The summed E-state index contributed by atoms with van der Waals surface area (Å²) in [6.07, 6.45) is 0.847. The van der Waals surface area contributed by atoms with Crippen LogP contribution >= 0.6 is 0 Å². The second kappa shape index (κ2) is 7.19. The second-order valence-corrected chi connectivity index (χ2v) is 5.16. The van der Waals surface area contributed by atoms with Crippen LogP contribution in [0.4, 0.5) is 8.78 Å². The van der Waals surface area contributed by atoms with Gasteiger partial charge in [-0.15, -0.1) is 0 Å². The number of alkyl halides is 2. The summed E-state index contributed by atoms with van der Waals surface area (Å²) in [5.74, 6) is 0.0193. The van der Waals surface area contributed by atoms with Gasteiger partial charge in [-0.25, -0.2) is 0 Å². The van der Waals surface area contributed by atoms with Crippen molar-refractivity contribution in [2.75, 3.05) is 6.54 Å². The number of nitrogens with two attached hydrogens (primary N) is 1. The highest BCUT2D eigenvalue weighted by Gasteiger charge is 2.17. The van der Waals surface area contributed by atoms with E-state index in [0.717, 1.165) is 5.56 Å². The molecule has 0 fully saturated rings. The maximum atomic E-state index is 12.0. The molecule has 0 aliphatic rings. The van der Waals surface area contributed by atoms with Gasteiger partial charge in [0.25, 0.3) is 0 Å². The number of nitrogens with one attached hydrogen (secondary N) is 1. The topological polar surface area (TPSA) is 64.3 Å². The fourth-order valence-corrected chi connectivity index (χ4v) is 1.59. The zero-order valence-electron chi connectivity index (χ0n) is 11.7. The summed E-state index contributed by atoms with van der Waals surface area (Å²) >= 11 is 0. The summed E-state index contributed by atoms with van der Waals surface area (Å²) in [4.78, 5) is 11.7. The molecule has 1 aromatic carbocycles. The number of carbonyl (C=O) groups excluding carboxylic acids is 1. The van der Waals surface area contributed by atoms with Gasteiger partial charge in [0.1, 0.15) is 5.75 Å². The summed E-state index contributed by atoms with van der Waals surface area (Å²) < 4.78 is 28.2. The van der Waals surface area contributed by atoms with E-state index in [2.05, 4.69) is 10.1 Å². The van der Waals surface area contributed by atoms with Crippen molar-refractivity contribution < 1.29 is 18.3 Å². The Balaban J connectivity index is 2.44. The van der Waals surface area contributed by atoms with Crippen molar-refractivity contribution in [2.24, 2.45) is 5.73 Å². The van der Waals surface area contributed by atoms with Crippen LogP contribution in [0.1, 0.15) is 25.8 Å². The third kappa shape index (κ3) is 5.97. The number of amides is 1. The van der Waals surface area contributed by atoms with Gasteiger partial charge in [0.05, 0.1) is 0 Å². The lowest BCUT2D eigenvalue weighted by atomic mass is 10.0. The average molecular weight is 286 g/mol. The van der Waals surface area contributed by atoms with Gasteiger partial charge in [-0.3, -0.25) is 4.79 Å². The molecule has 1 amide bonds. The van der Waals surface area contributed by atoms with E-state index in [4.69, 9.17) is 5.73 Å². The molecule has 0 aliphatic heterocycles. The van der Waals surface area contributed by atoms with Crippen LogP contribution in [0, 0.1) is 0 Å². The smallest absolute Gasteiger partial charge is 0.387 e. The number of hydrogen-bond acceptors (Lipinski definition) is 3. The number of ether oxygens (including phenoxy) is 1. The Morgan fingerprint density at radius 3 is 2.45 bits per heavy atom. The van der Waals surface area contributed by atoms with Gasteiger partial charge in [0.15, 0.2) is 0 Å². The van der Waals surface area contributed by atoms with Crippen LogP contribution in [0.5, 0.6) is 5.75 Å². The Morgan fingerprint density at radius 1 is 1.35 bits per heavy atom. The summed E-state index contributed by atoms with van der Waals surface area (Å²) in [7, 11) is 0. The standard InChI is InChI=1S/C14H20F2N2O2/c1-14(2,9-17)18-12(19)8-5-10-3-6-11(7-4-10)20-13(15)16/h3-4,6-7,13H,5,8-9,17H2,1-2H3,(H,18,19). The molecule has 0 aliphatic carbocycles. The van der Waals surface area contributed by atoms with Crippen LogP contribution in [-0.4, -0.2) is 24.6 Å². The second-order valence-electron chi connectivity index (χ2n) is 5.16. The van der Waals surface area contributed by atoms with Crippen LogP contribution in [0.3, 0.4) is 0 Å². The third-order valence-electron chi connectivity index (χ3n) is 2.78. The van der Waals surface area contributed by atoms with E-state index in [1.165, 1.54) is 12.1 Å². The van der Waals surface area contributed by atoms with E-state index in [-0.39, 0.29) is 11.7 Å². The van der Waals surface area contributed by atoms with Gasteiger partial charge >= 0.3 is 6.61 Å². The Labute approximate surface area is 117 Å². The minimum absolute atomic E-state index is 0.0895. The zero-order valence-corrected chi connectivity index (χ0v) is 11.7. The first kappa shape index (κ1) is 16.4. The molecule has 0 heterocycles. The number of halogens is 2. The summed E-state index contributed by atoms with van der Waals surface area (Å²) in [5, 5.41) is 2.83. The van der Waals surface area contributed by atoms with Crippen LogP contribution in [0.25, 0.3) is 0 Å². The zero-order chi connectivity index (χ0) is 15.2. The van der Waals surface area contributed by atoms with Crippen molar-refractivity contribution in [3.05, 3.63) is 29.8 Å². The molecule has 3 N–H and O–H groups in total. The predicted molar refractivity (Wildman–Crippen MR) is 72.7 cm³/mol. The number of carbonyl (C=O) groups is 1. The lowest BCUT2D eigenvalue weighted by molar-refractivity contribution is -0.122. The first-order valence-corrected chi connectivity index (χ1v) is 6.37. The van der Waals surface area contributed by atoms with Crippen molar-refractivity contribution in [3.63, 3.8) is 0 Å². The fraction of sp³-hybridized carbons (Fsp3) is 0.500. The van der Waals surface area contributed by atoms with Crippen LogP contribution in [0.15, 0.2) is 24.3 Å². The lowest BCUT2D eigenvalue weighted by Gasteiger charge is -2.24. The van der Waals surface area contributed by atoms with Crippen molar-refractivity contribution in [1.82, 2.24) is 5.32 Å². The molecule has 0 atom stereocenters. The number of rotatable bonds is 7. The van der Waals surface area contributed by atoms with E-state index in [1.807, 2.05) is 13.8 Å². The van der Waals surface area contributed by atoms with E-state index in [1.54, 1.807) is 12.1 Å².